The summed E-state index contributed by atoms with van der Waals surface area (Å²) < 4.78 is 0. The first-order chi connectivity index (χ1) is 11.9. The van der Waals surface area contributed by atoms with Crippen LogP contribution in [0.3, 0.4) is 0 Å². The predicted octanol–water partition coefficient (Wildman–Crippen LogP) is 2.41. The van der Waals surface area contributed by atoms with Crippen molar-refractivity contribution in [3.8, 4) is 0 Å². The molecule has 2 rings (SSSR count). The lowest BCUT2D eigenvalue weighted by atomic mass is 9.84. The Balaban J connectivity index is 1.81. The van der Waals surface area contributed by atoms with Gasteiger partial charge >= 0.3 is 0 Å². The van der Waals surface area contributed by atoms with Crippen LogP contribution < -0.4 is 16.6 Å². The van der Waals surface area contributed by atoms with Gasteiger partial charge < -0.3 is 10.8 Å². The van der Waals surface area contributed by atoms with Gasteiger partial charge in [-0.15, -0.1) is 0 Å². The van der Waals surface area contributed by atoms with E-state index >= 15 is 0 Å². The van der Waals surface area contributed by atoms with Gasteiger partial charge in [-0.25, -0.2) is 0 Å². The summed E-state index contributed by atoms with van der Waals surface area (Å²) >= 11 is 11.6. The van der Waals surface area contributed by atoms with Gasteiger partial charge in [0.2, 0.25) is 0 Å². The van der Waals surface area contributed by atoms with Crippen molar-refractivity contribution in [2.24, 2.45) is 11.7 Å². The molecular formula is C17H23Cl2N3O3. The number of benzene rings is 1. The van der Waals surface area contributed by atoms with Crippen LogP contribution >= 0.6 is 23.2 Å². The van der Waals surface area contributed by atoms with Crippen molar-refractivity contribution < 1.29 is 14.7 Å². The number of hydrogen-bond donors (Lipinski definition) is 4. The van der Waals surface area contributed by atoms with Crippen LogP contribution in [0.15, 0.2) is 18.2 Å². The summed E-state index contributed by atoms with van der Waals surface area (Å²) in [6.07, 6.45) is 4.94. The number of halogens is 2. The number of hydrogen-bond acceptors (Lipinski definition) is 4. The van der Waals surface area contributed by atoms with E-state index in [9.17, 15) is 14.7 Å². The van der Waals surface area contributed by atoms with Crippen LogP contribution in [0.4, 0.5) is 0 Å². The van der Waals surface area contributed by atoms with Crippen LogP contribution in [0.5, 0.6) is 0 Å². The summed E-state index contributed by atoms with van der Waals surface area (Å²) in [4.78, 5) is 24.0. The molecule has 138 valence electrons. The number of amides is 2. The van der Waals surface area contributed by atoms with Crippen LogP contribution in [0, 0.1) is 5.92 Å². The first-order valence-electron chi connectivity index (χ1n) is 8.37. The van der Waals surface area contributed by atoms with Gasteiger partial charge in [-0.3, -0.25) is 20.4 Å². The van der Waals surface area contributed by atoms with Crippen molar-refractivity contribution in [3.63, 3.8) is 0 Å². The monoisotopic (exact) mass is 387 g/mol. The van der Waals surface area contributed by atoms with Crippen LogP contribution in [-0.4, -0.2) is 29.1 Å². The second kappa shape index (κ2) is 9.38. The lowest BCUT2D eigenvalue weighted by molar-refractivity contribution is -0.131. The average Bonchev–Trinajstić information content (AvgIpc) is 2.61. The van der Waals surface area contributed by atoms with E-state index in [0.717, 1.165) is 12.8 Å². The molecule has 0 aliphatic heterocycles. The Morgan fingerprint density at radius 3 is 2.48 bits per heavy atom. The summed E-state index contributed by atoms with van der Waals surface area (Å²) in [5, 5.41) is 10.6. The molecule has 0 heterocycles. The molecular weight excluding hydrogens is 365 g/mol. The molecule has 1 aliphatic carbocycles. The topological polar surface area (TPSA) is 104 Å². The standard InChI is InChI=1S/C17H23Cl2N3O3/c18-12-7-6-11(9-13(12)19)16(24)21-22-17(25)15(23)14(20)8-10-4-2-1-3-5-10/h6-7,9-10,14-15,23H,1-5,8,20H2,(H,21,24)(H,22,25)/t14-,15?/m1/s1. The lowest BCUT2D eigenvalue weighted by Gasteiger charge is -2.26. The molecule has 2 amide bonds. The fraction of sp³-hybridized carbons (Fsp3) is 0.529. The van der Waals surface area contributed by atoms with Gasteiger partial charge in [0.1, 0.15) is 6.10 Å². The van der Waals surface area contributed by atoms with Crippen LogP contribution in [0.25, 0.3) is 0 Å². The Morgan fingerprint density at radius 2 is 1.84 bits per heavy atom. The second-order valence-electron chi connectivity index (χ2n) is 6.42. The zero-order valence-corrected chi connectivity index (χ0v) is 15.3. The number of rotatable bonds is 5. The van der Waals surface area contributed by atoms with Gasteiger partial charge in [0.05, 0.1) is 10.0 Å². The largest absolute Gasteiger partial charge is 0.382 e. The highest BCUT2D eigenvalue weighted by Crippen LogP contribution is 2.27. The molecule has 0 bridgehead atoms. The fourth-order valence-corrected chi connectivity index (χ4v) is 3.33. The average molecular weight is 388 g/mol. The minimum absolute atomic E-state index is 0.232. The van der Waals surface area contributed by atoms with Crippen molar-refractivity contribution in [1.29, 1.82) is 0 Å². The highest BCUT2D eigenvalue weighted by molar-refractivity contribution is 6.42. The molecule has 1 fully saturated rings. The Kier molecular flexibility index (Phi) is 7.50. The summed E-state index contributed by atoms with van der Waals surface area (Å²) in [6, 6.07) is 3.68. The Bertz CT molecular complexity index is 621. The molecule has 0 saturated heterocycles. The molecule has 1 aromatic rings. The molecule has 25 heavy (non-hydrogen) atoms. The van der Waals surface area contributed by atoms with E-state index in [4.69, 9.17) is 28.9 Å². The zero-order chi connectivity index (χ0) is 18.4. The van der Waals surface area contributed by atoms with Gasteiger partial charge in [-0.2, -0.15) is 0 Å². The maximum Gasteiger partial charge on any atom is 0.269 e. The molecule has 1 saturated carbocycles. The number of nitrogens with two attached hydrogens (primary N) is 1. The highest BCUT2D eigenvalue weighted by Gasteiger charge is 2.26. The van der Waals surface area contributed by atoms with E-state index in [2.05, 4.69) is 10.9 Å². The second-order valence-corrected chi connectivity index (χ2v) is 7.24. The molecule has 1 unspecified atom stereocenters. The lowest BCUT2D eigenvalue weighted by Crippen LogP contribution is -2.52. The van der Waals surface area contributed by atoms with Crippen molar-refractivity contribution in [2.75, 3.05) is 0 Å². The van der Waals surface area contributed by atoms with Gasteiger partial charge in [0.25, 0.3) is 11.8 Å². The van der Waals surface area contributed by atoms with Crippen molar-refractivity contribution >= 4 is 35.0 Å². The van der Waals surface area contributed by atoms with Crippen molar-refractivity contribution in [2.45, 2.75) is 50.7 Å². The van der Waals surface area contributed by atoms with Crippen LogP contribution in [0.1, 0.15) is 48.9 Å². The van der Waals surface area contributed by atoms with Crippen LogP contribution in [-0.2, 0) is 4.79 Å². The Morgan fingerprint density at radius 1 is 1.16 bits per heavy atom. The van der Waals surface area contributed by atoms with Gasteiger partial charge in [-0.1, -0.05) is 55.3 Å². The summed E-state index contributed by atoms with van der Waals surface area (Å²) in [7, 11) is 0. The Labute approximate surface area is 157 Å². The number of nitrogens with one attached hydrogen (secondary N) is 2. The number of carbonyl (C=O) groups is 2. The molecule has 1 aliphatic rings. The summed E-state index contributed by atoms with van der Waals surface area (Å²) in [6.45, 7) is 0. The molecule has 0 spiro atoms. The number of carbonyl (C=O) groups excluding carboxylic acids is 2. The fourth-order valence-electron chi connectivity index (χ4n) is 3.03. The SMILES string of the molecule is N[C@H](CC1CCCCC1)C(O)C(=O)NNC(=O)c1ccc(Cl)c(Cl)c1. The predicted molar refractivity (Wildman–Crippen MR) is 97.2 cm³/mol. The third-order valence-corrected chi connectivity index (χ3v) is 5.22. The Hall–Kier alpha value is -1.34. The highest BCUT2D eigenvalue weighted by atomic mass is 35.5. The first-order valence-corrected chi connectivity index (χ1v) is 9.13. The minimum Gasteiger partial charge on any atom is -0.382 e. The normalized spacial score (nSPS) is 17.6. The quantitative estimate of drug-likeness (QED) is 0.582. The van der Waals surface area contributed by atoms with Gasteiger partial charge in [-0.05, 0) is 30.5 Å². The van der Waals surface area contributed by atoms with Crippen molar-refractivity contribution in [1.82, 2.24) is 10.9 Å². The molecule has 2 atom stereocenters. The smallest absolute Gasteiger partial charge is 0.269 e. The van der Waals surface area contributed by atoms with Crippen LogP contribution in [0.2, 0.25) is 10.0 Å². The first kappa shape index (κ1) is 20.0. The maximum absolute atomic E-state index is 12.0. The number of aliphatic hydroxyl groups is 1. The van der Waals surface area contributed by atoms with E-state index in [0.29, 0.717) is 17.4 Å². The summed E-state index contributed by atoms with van der Waals surface area (Å²) in [5.41, 5.74) is 10.6. The molecule has 0 radical (unpaired) electrons. The van der Waals surface area contributed by atoms with Crippen molar-refractivity contribution in [3.05, 3.63) is 33.8 Å². The van der Waals surface area contributed by atoms with Gasteiger partial charge in [0.15, 0.2) is 0 Å². The minimum atomic E-state index is -1.38. The zero-order valence-electron chi connectivity index (χ0n) is 13.8. The third kappa shape index (κ3) is 5.85. The molecule has 0 aromatic heterocycles. The molecule has 5 N–H and O–H groups in total. The van der Waals surface area contributed by atoms with E-state index in [1.165, 1.54) is 37.5 Å². The van der Waals surface area contributed by atoms with E-state index in [1.807, 2.05) is 0 Å². The van der Waals surface area contributed by atoms with E-state index < -0.39 is 24.0 Å². The molecule has 1 aromatic carbocycles. The molecule has 6 nitrogen and oxygen atoms in total. The van der Waals surface area contributed by atoms with E-state index in [-0.39, 0.29) is 10.6 Å². The number of aliphatic hydroxyl groups excluding tert-OH is 1. The summed E-state index contributed by atoms with van der Waals surface area (Å²) in [5.74, 6) is -0.867. The van der Waals surface area contributed by atoms with Gasteiger partial charge in [0, 0.05) is 11.6 Å². The molecule has 8 heteroatoms. The number of hydrazine groups is 1. The maximum atomic E-state index is 12.0. The third-order valence-electron chi connectivity index (χ3n) is 4.49. The van der Waals surface area contributed by atoms with E-state index in [1.54, 1.807) is 0 Å².